The van der Waals surface area contributed by atoms with Crippen molar-refractivity contribution in [1.82, 2.24) is 0 Å². The Balaban J connectivity index is 2.23. The molecule has 4 heteroatoms. The van der Waals surface area contributed by atoms with E-state index >= 15 is 0 Å². The van der Waals surface area contributed by atoms with E-state index in [9.17, 15) is 0 Å². The molecule has 0 aliphatic carbocycles. The Morgan fingerprint density at radius 1 is 1.22 bits per heavy atom. The molecule has 0 heterocycles. The second-order valence-electron chi connectivity index (χ2n) is 4.58. The highest BCUT2D eigenvalue weighted by Gasteiger charge is 2.28. The van der Waals surface area contributed by atoms with Crippen molar-refractivity contribution < 1.29 is 8.85 Å². The Morgan fingerprint density at radius 2 is 1.94 bits per heavy atom. The lowest BCUT2D eigenvalue weighted by Gasteiger charge is -2.25. The van der Waals surface area contributed by atoms with Gasteiger partial charge in [-0.25, -0.2) is 0 Å². The smallest absolute Gasteiger partial charge is 0.334 e. The fourth-order valence-electron chi connectivity index (χ4n) is 1.75. The molecular formula is C14H25NO2Si. The summed E-state index contributed by atoms with van der Waals surface area (Å²) in [5, 5.41) is 3.41. The van der Waals surface area contributed by atoms with E-state index in [2.05, 4.69) is 30.9 Å². The number of rotatable bonds is 9. The van der Waals surface area contributed by atoms with Crippen LogP contribution in [-0.2, 0) is 8.85 Å². The van der Waals surface area contributed by atoms with E-state index in [-0.39, 0.29) is 0 Å². The zero-order chi connectivity index (χ0) is 13.3. The molecule has 3 nitrogen and oxygen atoms in total. The summed E-state index contributed by atoms with van der Waals surface area (Å²) in [6.45, 7) is 6.04. The summed E-state index contributed by atoms with van der Waals surface area (Å²) in [4.78, 5) is 0. The van der Waals surface area contributed by atoms with Crippen LogP contribution in [0.4, 0.5) is 5.69 Å². The molecule has 0 aliphatic heterocycles. The van der Waals surface area contributed by atoms with E-state index in [0.29, 0.717) is 0 Å². The Morgan fingerprint density at radius 3 is 2.56 bits per heavy atom. The summed E-state index contributed by atoms with van der Waals surface area (Å²) in [7, 11) is -0.152. The number of hydrogen-bond donors (Lipinski definition) is 1. The van der Waals surface area contributed by atoms with Crippen molar-refractivity contribution >= 4 is 14.2 Å². The molecule has 0 fully saturated rings. The molecule has 0 saturated carbocycles. The summed E-state index contributed by atoms with van der Waals surface area (Å²) in [5.41, 5.74) is 1.17. The second-order valence-corrected chi connectivity index (χ2v) is 8.05. The fraction of sp³-hybridized carbons (Fsp3) is 0.571. The van der Waals surface area contributed by atoms with Crippen LogP contribution < -0.4 is 5.32 Å². The molecule has 0 spiro atoms. The maximum absolute atomic E-state index is 5.87. The van der Waals surface area contributed by atoms with Gasteiger partial charge in [0.1, 0.15) is 0 Å². The lowest BCUT2D eigenvalue weighted by molar-refractivity contribution is 0.204. The van der Waals surface area contributed by atoms with Crippen molar-refractivity contribution in [3.05, 3.63) is 30.3 Å². The highest BCUT2D eigenvalue weighted by Crippen LogP contribution is 2.15. The van der Waals surface area contributed by atoms with Gasteiger partial charge in [-0.1, -0.05) is 25.1 Å². The number of hydrogen-bond acceptors (Lipinski definition) is 3. The van der Waals surface area contributed by atoms with Crippen LogP contribution in [0.3, 0.4) is 0 Å². The molecule has 0 bridgehead atoms. The molecule has 0 radical (unpaired) electrons. The van der Waals surface area contributed by atoms with Crippen molar-refractivity contribution in [2.24, 2.45) is 0 Å². The third-order valence-electron chi connectivity index (χ3n) is 2.95. The van der Waals surface area contributed by atoms with Crippen molar-refractivity contribution in [3.8, 4) is 0 Å². The molecule has 1 aromatic carbocycles. The van der Waals surface area contributed by atoms with E-state index in [1.807, 2.05) is 18.2 Å². The monoisotopic (exact) mass is 267 g/mol. The Labute approximate surface area is 112 Å². The van der Waals surface area contributed by atoms with Crippen LogP contribution in [0.25, 0.3) is 0 Å². The second kappa shape index (κ2) is 8.29. The molecule has 1 rings (SSSR count). The normalized spacial score (nSPS) is 14.2. The molecule has 0 amide bonds. The van der Waals surface area contributed by atoms with Crippen LogP contribution in [0.2, 0.25) is 12.6 Å². The third kappa shape index (κ3) is 5.66. The Bertz CT molecular complexity index is 321. The van der Waals surface area contributed by atoms with Gasteiger partial charge in [0.25, 0.3) is 0 Å². The Hall–Kier alpha value is -0.843. The predicted octanol–water partition coefficient (Wildman–Crippen LogP) is 3.63. The molecule has 1 N–H and O–H groups in total. The molecule has 1 aromatic rings. The molecule has 18 heavy (non-hydrogen) atoms. The van der Waals surface area contributed by atoms with Gasteiger partial charge in [0, 0.05) is 25.9 Å². The largest absolute Gasteiger partial charge is 0.398 e. The maximum Gasteiger partial charge on any atom is 0.334 e. The molecule has 1 unspecified atom stereocenters. The predicted molar refractivity (Wildman–Crippen MR) is 79.2 cm³/mol. The van der Waals surface area contributed by atoms with Crippen molar-refractivity contribution in [3.63, 3.8) is 0 Å². The van der Waals surface area contributed by atoms with Crippen LogP contribution in [0.5, 0.6) is 0 Å². The van der Waals surface area contributed by atoms with Crippen LogP contribution in [0.1, 0.15) is 19.8 Å². The van der Waals surface area contributed by atoms with Gasteiger partial charge in [0.15, 0.2) is 0 Å². The summed E-state index contributed by atoms with van der Waals surface area (Å²) < 4.78 is 11.5. The molecule has 0 aliphatic rings. The molecule has 0 saturated heterocycles. The summed E-state index contributed by atoms with van der Waals surface area (Å²) in [6, 6.07) is 11.3. The first kappa shape index (κ1) is 15.2. The van der Waals surface area contributed by atoms with Gasteiger partial charge < -0.3 is 14.2 Å². The highest BCUT2D eigenvalue weighted by atomic mass is 28.4. The lowest BCUT2D eigenvalue weighted by Crippen LogP contribution is -2.38. The van der Waals surface area contributed by atoms with E-state index in [1.165, 1.54) is 5.69 Å². The average molecular weight is 267 g/mol. The summed E-state index contributed by atoms with van der Waals surface area (Å²) >= 11 is 0. The topological polar surface area (TPSA) is 30.5 Å². The van der Waals surface area contributed by atoms with Gasteiger partial charge in [-0.05, 0) is 37.6 Å². The highest BCUT2D eigenvalue weighted by molar-refractivity contribution is 6.65. The van der Waals surface area contributed by atoms with Gasteiger partial charge in [-0.15, -0.1) is 0 Å². The van der Waals surface area contributed by atoms with E-state index < -0.39 is 8.56 Å². The van der Waals surface area contributed by atoms with E-state index in [1.54, 1.807) is 7.11 Å². The fourth-order valence-corrected chi connectivity index (χ4v) is 3.67. The minimum absolute atomic E-state index is 0.808. The first-order valence-corrected chi connectivity index (χ1v) is 9.20. The first-order chi connectivity index (χ1) is 8.70. The number of anilines is 1. The Kier molecular flexibility index (Phi) is 7.01. The standard InChI is InChI=1S/C14H25NO2Si/c1-4-12-17-18(3,16-2)13-8-11-15-14-9-6-5-7-10-14/h5-7,9-10,15H,4,8,11-13H2,1-3H3. The van der Waals surface area contributed by atoms with Gasteiger partial charge in [-0.2, -0.15) is 0 Å². The molecule has 0 aromatic heterocycles. The minimum atomic E-state index is -1.92. The first-order valence-electron chi connectivity index (χ1n) is 6.68. The van der Waals surface area contributed by atoms with Crippen molar-refractivity contribution in [2.45, 2.75) is 32.4 Å². The quantitative estimate of drug-likeness (QED) is 0.547. The van der Waals surface area contributed by atoms with Gasteiger partial charge >= 0.3 is 8.56 Å². The van der Waals surface area contributed by atoms with Crippen LogP contribution >= 0.6 is 0 Å². The number of para-hydroxylation sites is 1. The SMILES string of the molecule is CCCO[Si](C)(CCCNc1ccccc1)OC. The molecular weight excluding hydrogens is 242 g/mol. The van der Waals surface area contributed by atoms with Gasteiger partial charge in [0.2, 0.25) is 0 Å². The van der Waals surface area contributed by atoms with Gasteiger partial charge in [-0.3, -0.25) is 0 Å². The lowest BCUT2D eigenvalue weighted by atomic mass is 10.3. The van der Waals surface area contributed by atoms with E-state index in [0.717, 1.165) is 32.0 Å². The van der Waals surface area contributed by atoms with Crippen molar-refractivity contribution in [2.75, 3.05) is 25.6 Å². The number of nitrogens with one attached hydrogen (secondary N) is 1. The van der Waals surface area contributed by atoms with Crippen molar-refractivity contribution in [1.29, 1.82) is 0 Å². The maximum atomic E-state index is 5.87. The number of benzene rings is 1. The van der Waals surface area contributed by atoms with Gasteiger partial charge in [0.05, 0.1) is 0 Å². The third-order valence-corrected chi connectivity index (χ3v) is 5.89. The van der Waals surface area contributed by atoms with Crippen LogP contribution in [0.15, 0.2) is 30.3 Å². The zero-order valence-electron chi connectivity index (χ0n) is 11.7. The summed E-state index contributed by atoms with van der Waals surface area (Å²) in [6.07, 6.45) is 2.13. The van der Waals surface area contributed by atoms with Crippen LogP contribution in [0, 0.1) is 0 Å². The minimum Gasteiger partial charge on any atom is -0.398 e. The molecule has 102 valence electrons. The summed E-state index contributed by atoms with van der Waals surface area (Å²) in [5.74, 6) is 0. The average Bonchev–Trinajstić information content (AvgIpc) is 2.43. The van der Waals surface area contributed by atoms with Crippen LogP contribution in [-0.4, -0.2) is 28.8 Å². The zero-order valence-corrected chi connectivity index (χ0v) is 12.7. The van der Waals surface area contributed by atoms with E-state index in [4.69, 9.17) is 8.85 Å². The molecule has 1 atom stereocenters.